The molecule has 0 aliphatic carbocycles. The largest absolute Gasteiger partial charge is 0.492 e. The summed E-state index contributed by atoms with van der Waals surface area (Å²) in [5, 5.41) is 3.36. The molecule has 0 atom stereocenters. The number of para-hydroxylation sites is 2. The summed E-state index contributed by atoms with van der Waals surface area (Å²) in [6, 6.07) is 7.95. The third-order valence-corrected chi connectivity index (χ3v) is 2.59. The molecule has 0 fully saturated rings. The molecule has 0 spiro atoms. The molecule has 0 bridgehead atoms. The number of rotatable bonds is 10. The smallest absolute Gasteiger partial charge is 0.159 e. The molecular formula is C15H25NO3. The van der Waals surface area contributed by atoms with Crippen LogP contribution in [0.4, 0.5) is 5.69 Å². The summed E-state index contributed by atoms with van der Waals surface area (Å²) in [6.45, 7) is 8.72. The van der Waals surface area contributed by atoms with E-state index in [0.717, 1.165) is 24.4 Å². The Balaban J connectivity index is 2.42. The van der Waals surface area contributed by atoms with E-state index in [1.165, 1.54) is 0 Å². The average Bonchev–Trinajstić information content (AvgIpc) is 2.41. The second-order valence-corrected chi connectivity index (χ2v) is 3.98. The van der Waals surface area contributed by atoms with Crippen LogP contribution in [-0.4, -0.2) is 32.7 Å². The van der Waals surface area contributed by atoms with Crippen molar-refractivity contribution in [3.8, 4) is 5.75 Å². The highest BCUT2D eigenvalue weighted by Gasteiger charge is 2.08. The van der Waals surface area contributed by atoms with Gasteiger partial charge in [-0.05, 0) is 32.9 Å². The normalized spacial score (nSPS) is 10.7. The zero-order valence-corrected chi connectivity index (χ0v) is 12.1. The van der Waals surface area contributed by atoms with Crippen LogP contribution in [0.3, 0.4) is 0 Å². The summed E-state index contributed by atoms with van der Waals surface area (Å²) in [7, 11) is 0. The van der Waals surface area contributed by atoms with Crippen LogP contribution in [0.2, 0.25) is 0 Å². The number of anilines is 1. The summed E-state index contributed by atoms with van der Waals surface area (Å²) in [4.78, 5) is 0. The minimum atomic E-state index is -0.137. The summed E-state index contributed by atoms with van der Waals surface area (Å²) in [5.41, 5.74) is 1.01. The molecule has 0 saturated heterocycles. The van der Waals surface area contributed by atoms with E-state index in [4.69, 9.17) is 14.2 Å². The van der Waals surface area contributed by atoms with Crippen molar-refractivity contribution in [3.63, 3.8) is 0 Å². The van der Waals surface area contributed by atoms with Crippen LogP contribution < -0.4 is 10.1 Å². The first kappa shape index (κ1) is 15.8. The van der Waals surface area contributed by atoms with Crippen molar-refractivity contribution in [2.45, 2.75) is 33.5 Å². The SMILES string of the molecule is CCOc1ccccc1NCCC(OCC)OCC. The second-order valence-electron chi connectivity index (χ2n) is 3.98. The van der Waals surface area contributed by atoms with Gasteiger partial charge in [-0.2, -0.15) is 0 Å². The van der Waals surface area contributed by atoms with E-state index in [1.54, 1.807) is 0 Å². The fourth-order valence-electron chi connectivity index (χ4n) is 1.81. The number of benzene rings is 1. The van der Waals surface area contributed by atoms with Crippen molar-refractivity contribution in [2.24, 2.45) is 0 Å². The van der Waals surface area contributed by atoms with Crippen molar-refractivity contribution < 1.29 is 14.2 Å². The molecule has 0 saturated carbocycles. The van der Waals surface area contributed by atoms with Gasteiger partial charge >= 0.3 is 0 Å². The molecule has 19 heavy (non-hydrogen) atoms. The maximum absolute atomic E-state index is 5.56. The second kappa shape index (κ2) is 9.64. The number of ether oxygens (including phenoxy) is 3. The zero-order valence-electron chi connectivity index (χ0n) is 12.1. The van der Waals surface area contributed by atoms with Gasteiger partial charge in [-0.25, -0.2) is 0 Å². The molecular weight excluding hydrogens is 242 g/mol. The molecule has 0 unspecified atom stereocenters. The Hall–Kier alpha value is -1.26. The summed E-state index contributed by atoms with van der Waals surface area (Å²) < 4.78 is 16.6. The van der Waals surface area contributed by atoms with Gasteiger partial charge in [-0.15, -0.1) is 0 Å². The van der Waals surface area contributed by atoms with Crippen molar-refractivity contribution in [1.29, 1.82) is 0 Å². The van der Waals surface area contributed by atoms with Gasteiger partial charge < -0.3 is 19.5 Å². The lowest BCUT2D eigenvalue weighted by atomic mass is 10.3. The molecule has 0 aliphatic rings. The molecule has 0 radical (unpaired) electrons. The first-order chi connectivity index (χ1) is 9.31. The Bertz CT molecular complexity index is 338. The van der Waals surface area contributed by atoms with Crippen molar-refractivity contribution in [1.82, 2.24) is 0 Å². The first-order valence-corrected chi connectivity index (χ1v) is 7.00. The lowest BCUT2D eigenvalue weighted by Gasteiger charge is -2.18. The van der Waals surface area contributed by atoms with Crippen LogP contribution in [0.1, 0.15) is 27.2 Å². The maximum atomic E-state index is 5.56. The van der Waals surface area contributed by atoms with Crippen LogP contribution in [0, 0.1) is 0 Å². The first-order valence-electron chi connectivity index (χ1n) is 7.00. The van der Waals surface area contributed by atoms with Crippen LogP contribution in [0.25, 0.3) is 0 Å². The highest BCUT2D eigenvalue weighted by Crippen LogP contribution is 2.23. The Morgan fingerprint density at radius 3 is 2.32 bits per heavy atom. The van der Waals surface area contributed by atoms with Gasteiger partial charge in [-0.3, -0.25) is 0 Å². The predicted molar refractivity (Wildman–Crippen MR) is 77.8 cm³/mol. The number of hydrogen-bond acceptors (Lipinski definition) is 4. The third kappa shape index (κ3) is 5.94. The minimum Gasteiger partial charge on any atom is -0.492 e. The molecule has 1 N–H and O–H groups in total. The lowest BCUT2D eigenvalue weighted by molar-refractivity contribution is -0.137. The Morgan fingerprint density at radius 2 is 1.68 bits per heavy atom. The third-order valence-electron chi connectivity index (χ3n) is 2.59. The van der Waals surface area contributed by atoms with Crippen molar-refractivity contribution in [3.05, 3.63) is 24.3 Å². The fourth-order valence-corrected chi connectivity index (χ4v) is 1.81. The van der Waals surface area contributed by atoms with Crippen molar-refractivity contribution in [2.75, 3.05) is 31.7 Å². The van der Waals surface area contributed by atoms with E-state index in [1.807, 2.05) is 45.0 Å². The molecule has 1 rings (SSSR count). The van der Waals surface area contributed by atoms with E-state index >= 15 is 0 Å². The standard InChI is InChI=1S/C15H25NO3/c1-4-17-14-10-8-7-9-13(14)16-12-11-15(18-5-2)19-6-3/h7-10,15-16H,4-6,11-12H2,1-3H3. The molecule has 1 aromatic rings. The zero-order chi connectivity index (χ0) is 13.9. The quantitative estimate of drug-likeness (QED) is 0.660. The highest BCUT2D eigenvalue weighted by atomic mass is 16.7. The van der Waals surface area contributed by atoms with Crippen LogP contribution >= 0.6 is 0 Å². The summed E-state index contributed by atoms with van der Waals surface area (Å²) in [5.74, 6) is 0.884. The van der Waals surface area contributed by atoms with E-state index < -0.39 is 0 Å². The van der Waals surface area contributed by atoms with Gasteiger partial charge in [0.15, 0.2) is 6.29 Å². The Kier molecular flexibility index (Phi) is 8.02. The molecule has 0 amide bonds. The van der Waals surface area contributed by atoms with Gasteiger partial charge in [0.2, 0.25) is 0 Å². The van der Waals surface area contributed by atoms with Crippen LogP contribution in [0.5, 0.6) is 5.75 Å². The molecule has 1 aromatic carbocycles. The molecule has 0 aliphatic heterocycles. The maximum Gasteiger partial charge on any atom is 0.159 e. The summed E-state index contributed by atoms with van der Waals surface area (Å²) in [6.07, 6.45) is 0.670. The topological polar surface area (TPSA) is 39.7 Å². The lowest BCUT2D eigenvalue weighted by Crippen LogP contribution is -2.21. The van der Waals surface area contributed by atoms with Gasteiger partial charge in [-0.1, -0.05) is 12.1 Å². The van der Waals surface area contributed by atoms with Crippen LogP contribution in [0.15, 0.2) is 24.3 Å². The number of nitrogens with one attached hydrogen (secondary N) is 1. The Labute approximate surface area is 116 Å². The molecule has 4 heteroatoms. The fraction of sp³-hybridized carbons (Fsp3) is 0.600. The van der Waals surface area contributed by atoms with E-state index in [2.05, 4.69) is 5.32 Å². The van der Waals surface area contributed by atoms with E-state index in [0.29, 0.717) is 19.8 Å². The monoisotopic (exact) mass is 267 g/mol. The molecule has 108 valence electrons. The molecule has 0 aromatic heterocycles. The minimum absolute atomic E-state index is 0.137. The molecule has 0 heterocycles. The van der Waals surface area contributed by atoms with Gasteiger partial charge in [0.25, 0.3) is 0 Å². The number of hydrogen-bond donors (Lipinski definition) is 1. The Morgan fingerprint density at radius 1 is 1.00 bits per heavy atom. The van der Waals surface area contributed by atoms with Crippen molar-refractivity contribution >= 4 is 5.69 Å². The summed E-state index contributed by atoms with van der Waals surface area (Å²) >= 11 is 0. The van der Waals surface area contributed by atoms with Gasteiger partial charge in [0, 0.05) is 26.2 Å². The van der Waals surface area contributed by atoms with E-state index in [-0.39, 0.29) is 6.29 Å². The van der Waals surface area contributed by atoms with Gasteiger partial charge in [0.05, 0.1) is 12.3 Å². The van der Waals surface area contributed by atoms with Crippen LogP contribution in [-0.2, 0) is 9.47 Å². The van der Waals surface area contributed by atoms with E-state index in [9.17, 15) is 0 Å². The molecule has 4 nitrogen and oxygen atoms in total. The van der Waals surface area contributed by atoms with Gasteiger partial charge in [0.1, 0.15) is 5.75 Å². The predicted octanol–water partition coefficient (Wildman–Crippen LogP) is 3.29. The average molecular weight is 267 g/mol. The highest BCUT2D eigenvalue weighted by molar-refractivity contribution is 5.56.